The van der Waals surface area contributed by atoms with E-state index in [4.69, 9.17) is 18.9 Å². The molecular weight excluding hydrogens is 286 g/mol. The molecule has 0 saturated heterocycles. The maximum atomic E-state index is 12.0. The monoisotopic (exact) mass is 311 g/mol. The van der Waals surface area contributed by atoms with Gasteiger partial charge in [0.25, 0.3) is 0 Å². The number of ether oxygens (including phenoxy) is 4. The number of carbonyl (C=O) groups excluding carboxylic acids is 1. The maximum Gasteiger partial charge on any atom is 0.410 e. The van der Waals surface area contributed by atoms with E-state index in [0.29, 0.717) is 23.8 Å². The summed E-state index contributed by atoms with van der Waals surface area (Å²) in [6.07, 6.45) is -0.399. The largest absolute Gasteiger partial charge is 0.493 e. The molecule has 0 atom stereocenters. The van der Waals surface area contributed by atoms with Gasteiger partial charge < -0.3 is 23.8 Å². The average Bonchev–Trinajstić information content (AvgIpc) is 2.44. The van der Waals surface area contributed by atoms with Crippen LogP contribution in [0, 0.1) is 0 Å². The van der Waals surface area contributed by atoms with Crippen molar-refractivity contribution in [1.29, 1.82) is 0 Å². The molecule has 0 aliphatic heterocycles. The second kappa shape index (κ2) is 7.24. The van der Waals surface area contributed by atoms with E-state index >= 15 is 0 Å². The van der Waals surface area contributed by atoms with Gasteiger partial charge in [-0.2, -0.15) is 0 Å². The van der Waals surface area contributed by atoms with Crippen molar-refractivity contribution in [2.75, 3.05) is 28.4 Å². The van der Waals surface area contributed by atoms with Gasteiger partial charge in [0.15, 0.2) is 11.5 Å². The van der Waals surface area contributed by atoms with Gasteiger partial charge in [-0.25, -0.2) is 4.79 Å². The van der Waals surface area contributed by atoms with Crippen LogP contribution in [0.2, 0.25) is 0 Å². The van der Waals surface area contributed by atoms with Crippen LogP contribution in [0.1, 0.15) is 26.3 Å². The van der Waals surface area contributed by atoms with Gasteiger partial charge in [0, 0.05) is 12.6 Å². The molecule has 0 aliphatic carbocycles. The summed E-state index contributed by atoms with van der Waals surface area (Å²) in [6, 6.07) is 3.61. The Labute approximate surface area is 131 Å². The molecule has 1 rings (SSSR count). The predicted molar refractivity (Wildman–Crippen MR) is 83.8 cm³/mol. The van der Waals surface area contributed by atoms with Crippen molar-refractivity contribution in [1.82, 2.24) is 4.90 Å². The third-order valence-electron chi connectivity index (χ3n) is 2.90. The SMILES string of the molecule is COc1ccc(CN(C)C(=O)OC(C)(C)C)c(OC)c1OC. The van der Waals surface area contributed by atoms with E-state index < -0.39 is 11.7 Å². The standard InChI is InChI=1S/C16H25NO5/c1-16(2,3)22-15(18)17(4)10-11-8-9-12(19-5)14(21-7)13(11)20-6/h8-9H,10H2,1-7H3. The van der Waals surface area contributed by atoms with E-state index in [9.17, 15) is 4.79 Å². The minimum Gasteiger partial charge on any atom is -0.493 e. The van der Waals surface area contributed by atoms with Gasteiger partial charge in [-0.15, -0.1) is 0 Å². The van der Waals surface area contributed by atoms with E-state index in [-0.39, 0.29) is 0 Å². The second-order valence-electron chi connectivity index (χ2n) is 5.83. The van der Waals surface area contributed by atoms with E-state index in [1.807, 2.05) is 26.8 Å². The number of carbonyl (C=O) groups is 1. The highest BCUT2D eigenvalue weighted by Gasteiger charge is 2.22. The molecule has 6 nitrogen and oxygen atoms in total. The van der Waals surface area contributed by atoms with Crippen LogP contribution in [0.5, 0.6) is 17.2 Å². The zero-order chi connectivity index (χ0) is 16.9. The van der Waals surface area contributed by atoms with Crippen LogP contribution in [0.15, 0.2) is 12.1 Å². The summed E-state index contributed by atoms with van der Waals surface area (Å²) in [4.78, 5) is 13.5. The Bertz CT molecular complexity index is 522. The lowest BCUT2D eigenvalue weighted by molar-refractivity contribution is 0.0284. The number of methoxy groups -OCH3 is 3. The van der Waals surface area contributed by atoms with Crippen LogP contribution < -0.4 is 14.2 Å². The number of rotatable bonds is 5. The van der Waals surface area contributed by atoms with Crippen LogP contribution in [0.4, 0.5) is 4.79 Å². The highest BCUT2D eigenvalue weighted by Crippen LogP contribution is 2.40. The first-order chi connectivity index (χ1) is 10.2. The van der Waals surface area contributed by atoms with Crippen LogP contribution in [0.3, 0.4) is 0 Å². The number of hydrogen-bond donors (Lipinski definition) is 0. The first kappa shape index (κ1) is 17.9. The molecule has 6 heteroatoms. The molecule has 0 radical (unpaired) electrons. The van der Waals surface area contributed by atoms with Crippen molar-refractivity contribution >= 4 is 6.09 Å². The number of nitrogens with zero attached hydrogens (tertiary/aromatic N) is 1. The molecule has 0 fully saturated rings. The summed E-state index contributed by atoms with van der Waals surface area (Å²) in [5.74, 6) is 1.61. The smallest absolute Gasteiger partial charge is 0.410 e. The Hall–Kier alpha value is -2.11. The van der Waals surface area contributed by atoms with Crippen molar-refractivity contribution in [3.05, 3.63) is 17.7 Å². The van der Waals surface area contributed by atoms with Gasteiger partial charge in [0.1, 0.15) is 5.60 Å². The van der Waals surface area contributed by atoms with Gasteiger partial charge in [-0.05, 0) is 32.9 Å². The zero-order valence-corrected chi connectivity index (χ0v) is 14.4. The summed E-state index contributed by atoms with van der Waals surface area (Å²) in [7, 11) is 6.32. The Morgan fingerprint density at radius 2 is 1.64 bits per heavy atom. The summed E-state index contributed by atoms with van der Waals surface area (Å²) in [5, 5.41) is 0. The van der Waals surface area contributed by atoms with Crippen molar-refractivity contribution in [3.63, 3.8) is 0 Å². The molecular formula is C16H25NO5. The lowest BCUT2D eigenvalue weighted by Gasteiger charge is -2.25. The van der Waals surface area contributed by atoms with Crippen molar-refractivity contribution in [3.8, 4) is 17.2 Å². The first-order valence-corrected chi connectivity index (χ1v) is 6.95. The number of hydrogen-bond acceptors (Lipinski definition) is 5. The Morgan fingerprint density at radius 3 is 2.09 bits per heavy atom. The summed E-state index contributed by atoms with van der Waals surface area (Å²) in [5.41, 5.74) is 0.265. The van der Waals surface area contributed by atoms with Crippen LogP contribution >= 0.6 is 0 Å². The lowest BCUT2D eigenvalue weighted by Crippen LogP contribution is -2.33. The second-order valence-corrected chi connectivity index (χ2v) is 5.83. The fraction of sp³-hybridized carbons (Fsp3) is 0.562. The molecule has 0 unspecified atom stereocenters. The molecule has 0 bridgehead atoms. The highest BCUT2D eigenvalue weighted by molar-refractivity contribution is 5.68. The first-order valence-electron chi connectivity index (χ1n) is 6.95. The van der Waals surface area contributed by atoms with Gasteiger partial charge in [0.05, 0.1) is 27.9 Å². The Balaban J connectivity index is 3.00. The average molecular weight is 311 g/mol. The normalized spacial score (nSPS) is 10.9. The quantitative estimate of drug-likeness (QED) is 0.836. The molecule has 1 amide bonds. The van der Waals surface area contributed by atoms with Crippen LogP contribution in [0.25, 0.3) is 0 Å². The van der Waals surface area contributed by atoms with Crippen LogP contribution in [-0.4, -0.2) is 45.0 Å². The lowest BCUT2D eigenvalue weighted by atomic mass is 10.1. The van der Waals surface area contributed by atoms with Gasteiger partial charge in [-0.3, -0.25) is 0 Å². The fourth-order valence-corrected chi connectivity index (χ4v) is 1.95. The van der Waals surface area contributed by atoms with E-state index in [1.54, 1.807) is 34.4 Å². The van der Waals surface area contributed by atoms with Crippen molar-refractivity contribution < 1.29 is 23.7 Å². The highest BCUT2D eigenvalue weighted by atomic mass is 16.6. The fourth-order valence-electron chi connectivity index (χ4n) is 1.95. The number of benzene rings is 1. The van der Waals surface area contributed by atoms with Gasteiger partial charge in [-0.1, -0.05) is 0 Å². The Kier molecular flexibility index (Phi) is 5.91. The van der Waals surface area contributed by atoms with E-state index in [0.717, 1.165) is 5.56 Å². The summed E-state index contributed by atoms with van der Waals surface area (Å²) < 4.78 is 21.3. The minimum absolute atomic E-state index is 0.332. The molecule has 124 valence electrons. The topological polar surface area (TPSA) is 57.2 Å². The zero-order valence-electron chi connectivity index (χ0n) is 14.4. The molecule has 0 aromatic heterocycles. The minimum atomic E-state index is -0.535. The molecule has 1 aromatic carbocycles. The molecule has 0 spiro atoms. The molecule has 0 saturated carbocycles. The number of amides is 1. The van der Waals surface area contributed by atoms with E-state index in [1.165, 1.54) is 4.90 Å². The molecule has 22 heavy (non-hydrogen) atoms. The third kappa shape index (κ3) is 4.44. The van der Waals surface area contributed by atoms with E-state index in [2.05, 4.69) is 0 Å². The predicted octanol–water partition coefficient (Wildman–Crippen LogP) is 3.08. The third-order valence-corrected chi connectivity index (χ3v) is 2.90. The molecule has 1 aromatic rings. The van der Waals surface area contributed by atoms with Crippen LogP contribution in [-0.2, 0) is 11.3 Å². The maximum absolute atomic E-state index is 12.0. The van der Waals surface area contributed by atoms with Gasteiger partial charge >= 0.3 is 6.09 Å². The van der Waals surface area contributed by atoms with Crippen molar-refractivity contribution in [2.24, 2.45) is 0 Å². The molecule has 0 aliphatic rings. The molecule has 0 heterocycles. The summed E-state index contributed by atoms with van der Waals surface area (Å²) in [6.45, 7) is 5.82. The molecule has 0 N–H and O–H groups in total. The Morgan fingerprint density at radius 1 is 1.05 bits per heavy atom. The van der Waals surface area contributed by atoms with Crippen molar-refractivity contribution in [2.45, 2.75) is 32.9 Å². The summed E-state index contributed by atoms with van der Waals surface area (Å²) >= 11 is 0. The van der Waals surface area contributed by atoms with Gasteiger partial charge in [0.2, 0.25) is 5.75 Å².